The Bertz CT molecular complexity index is 839. The van der Waals surface area contributed by atoms with Gasteiger partial charge in [0.05, 0.1) is 0 Å². The monoisotopic (exact) mass is 304 g/mol. The minimum absolute atomic E-state index is 0.301. The molecule has 0 radical (unpaired) electrons. The summed E-state index contributed by atoms with van der Waals surface area (Å²) < 4.78 is 0. The van der Waals surface area contributed by atoms with Gasteiger partial charge in [-0.25, -0.2) is 0 Å². The zero-order chi connectivity index (χ0) is 16.0. The van der Waals surface area contributed by atoms with Gasteiger partial charge in [0.1, 0.15) is 5.92 Å². The van der Waals surface area contributed by atoms with Crippen LogP contribution in [0.3, 0.4) is 0 Å². The summed E-state index contributed by atoms with van der Waals surface area (Å²) in [6.07, 6.45) is 0.731. The minimum atomic E-state index is -0.870. The number of amides is 2. The molecule has 114 valence electrons. The molecule has 0 bridgehead atoms. The van der Waals surface area contributed by atoms with Crippen LogP contribution in [0.1, 0.15) is 22.6 Å². The van der Waals surface area contributed by atoms with Gasteiger partial charge in [-0.1, -0.05) is 54.6 Å². The molecule has 1 aliphatic carbocycles. The Morgan fingerprint density at radius 3 is 2.48 bits per heavy atom. The van der Waals surface area contributed by atoms with E-state index in [2.05, 4.69) is 11.4 Å². The van der Waals surface area contributed by atoms with Gasteiger partial charge >= 0.3 is 0 Å². The van der Waals surface area contributed by atoms with Gasteiger partial charge in [0, 0.05) is 17.2 Å². The fourth-order valence-corrected chi connectivity index (χ4v) is 3.70. The summed E-state index contributed by atoms with van der Waals surface area (Å²) in [5.74, 6) is -2.07. The molecule has 0 spiro atoms. The van der Waals surface area contributed by atoms with Crippen molar-refractivity contribution >= 4 is 17.5 Å². The zero-order valence-electron chi connectivity index (χ0n) is 12.5. The molecule has 0 saturated heterocycles. The zero-order valence-corrected chi connectivity index (χ0v) is 12.5. The maximum Gasteiger partial charge on any atom is 0.237 e. The summed E-state index contributed by atoms with van der Waals surface area (Å²) in [7, 11) is 0. The van der Waals surface area contributed by atoms with E-state index in [4.69, 9.17) is 5.73 Å². The quantitative estimate of drug-likeness (QED) is 0.833. The van der Waals surface area contributed by atoms with Crippen molar-refractivity contribution in [2.24, 2.45) is 11.7 Å². The second-order valence-electron chi connectivity index (χ2n) is 5.99. The Balaban J connectivity index is 1.90. The highest BCUT2D eigenvalue weighted by molar-refractivity contribution is 6.07. The summed E-state index contributed by atoms with van der Waals surface area (Å²) >= 11 is 0. The largest absolute Gasteiger partial charge is 0.369 e. The predicted molar refractivity (Wildman–Crippen MR) is 87.1 cm³/mol. The first-order chi connectivity index (χ1) is 11.2. The van der Waals surface area contributed by atoms with Gasteiger partial charge in [-0.2, -0.15) is 0 Å². The molecule has 0 saturated carbocycles. The number of primary amides is 1. The van der Waals surface area contributed by atoms with Gasteiger partial charge < -0.3 is 11.1 Å². The predicted octanol–water partition coefficient (Wildman–Crippen LogP) is 1.97. The fraction of sp³-hybridized carbons (Fsp3) is 0.158. The lowest BCUT2D eigenvalue weighted by Crippen LogP contribution is -2.45. The average molecular weight is 304 g/mol. The molecule has 2 atom stereocenters. The molecule has 1 heterocycles. The minimum Gasteiger partial charge on any atom is -0.369 e. The number of allylic oxidation sites excluding steroid dienone is 1. The lowest BCUT2D eigenvalue weighted by Gasteiger charge is -2.31. The number of fused-ring (bicyclic) bond motifs is 2. The second-order valence-corrected chi connectivity index (χ2v) is 5.99. The van der Waals surface area contributed by atoms with Crippen molar-refractivity contribution in [2.75, 3.05) is 0 Å². The van der Waals surface area contributed by atoms with Crippen molar-refractivity contribution in [3.63, 3.8) is 0 Å². The van der Waals surface area contributed by atoms with Crippen molar-refractivity contribution in [3.05, 3.63) is 76.9 Å². The van der Waals surface area contributed by atoms with E-state index in [1.807, 2.05) is 48.5 Å². The second kappa shape index (κ2) is 5.09. The average Bonchev–Trinajstić information content (AvgIpc) is 2.92. The van der Waals surface area contributed by atoms with E-state index >= 15 is 0 Å². The number of nitrogens with one attached hydrogen (secondary N) is 1. The third-order valence-electron chi connectivity index (χ3n) is 4.69. The molecule has 2 unspecified atom stereocenters. The van der Waals surface area contributed by atoms with Crippen LogP contribution in [0, 0.1) is 5.92 Å². The first-order valence-corrected chi connectivity index (χ1v) is 7.63. The van der Waals surface area contributed by atoms with Crippen LogP contribution in [0.25, 0.3) is 5.70 Å². The number of hydrogen-bond donors (Lipinski definition) is 2. The van der Waals surface area contributed by atoms with Crippen LogP contribution < -0.4 is 11.1 Å². The normalized spacial score (nSPS) is 22.3. The molecule has 2 aromatic carbocycles. The number of hydrogen-bond acceptors (Lipinski definition) is 2. The van der Waals surface area contributed by atoms with Gasteiger partial charge in [0.15, 0.2) is 0 Å². The molecule has 2 aliphatic rings. The van der Waals surface area contributed by atoms with Crippen LogP contribution in [0.15, 0.2) is 60.2 Å². The summed E-state index contributed by atoms with van der Waals surface area (Å²) in [6, 6.07) is 17.7. The van der Waals surface area contributed by atoms with Crippen molar-refractivity contribution < 1.29 is 9.59 Å². The third-order valence-corrected chi connectivity index (χ3v) is 4.69. The SMILES string of the molecule is NC(=O)C1C(=O)NC2=C(Cc3ccccc32)C1c1ccccc1. The Labute approximate surface area is 134 Å². The Kier molecular flexibility index (Phi) is 3.05. The Morgan fingerprint density at radius 2 is 1.74 bits per heavy atom. The highest BCUT2D eigenvalue weighted by Gasteiger charge is 2.44. The van der Waals surface area contributed by atoms with Gasteiger partial charge in [-0.05, 0) is 23.1 Å². The highest BCUT2D eigenvalue weighted by atomic mass is 16.2. The van der Waals surface area contributed by atoms with Crippen LogP contribution in [0.5, 0.6) is 0 Å². The first-order valence-electron chi connectivity index (χ1n) is 7.63. The van der Waals surface area contributed by atoms with E-state index in [0.717, 1.165) is 28.8 Å². The standard InChI is InChI=1S/C19H16N2O2/c20-18(22)16-15(11-6-2-1-3-7-11)14-10-12-8-4-5-9-13(12)17(14)21-19(16)23/h1-9,15-16H,10H2,(H2,20,22)(H,21,23). The molecular formula is C19H16N2O2. The Morgan fingerprint density at radius 1 is 1.04 bits per heavy atom. The van der Waals surface area contributed by atoms with Gasteiger partial charge in [0.25, 0.3) is 0 Å². The summed E-state index contributed by atoms with van der Waals surface area (Å²) in [6.45, 7) is 0. The van der Waals surface area contributed by atoms with Gasteiger partial charge in [0.2, 0.25) is 11.8 Å². The molecule has 2 amide bonds. The van der Waals surface area contributed by atoms with E-state index in [9.17, 15) is 9.59 Å². The van der Waals surface area contributed by atoms with Crippen molar-refractivity contribution in [1.82, 2.24) is 5.32 Å². The number of benzene rings is 2. The molecule has 23 heavy (non-hydrogen) atoms. The number of nitrogens with two attached hydrogens (primary N) is 1. The highest BCUT2D eigenvalue weighted by Crippen LogP contribution is 2.45. The molecule has 0 aromatic heterocycles. The Hall–Kier alpha value is -2.88. The fourth-order valence-electron chi connectivity index (χ4n) is 3.70. The lowest BCUT2D eigenvalue weighted by atomic mass is 9.76. The van der Waals surface area contributed by atoms with Crippen molar-refractivity contribution in [3.8, 4) is 0 Å². The molecule has 4 rings (SSSR count). The molecule has 2 aromatic rings. The molecule has 1 aliphatic heterocycles. The van der Waals surface area contributed by atoms with Crippen LogP contribution in [-0.2, 0) is 16.0 Å². The molecule has 4 heteroatoms. The molecule has 3 N–H and O–H groups in total. The lowest BCUT2D eigenvalue weighted by molar-refractivity contribution is -0.133. The van der Waals surface area contributed by atoms with E-state index in [1.165, 1.54) is 5.56 Å². The molecule has 4 nitrogen and oxygen atoms in total. The number of carbonyl (C=O) groups is 2. The topological polar surface area (TPSA) is 72.2 Å². The van der Waals surface area contributed by atoms with Crippen LogP contribution >= 0.6 is 0 Å². The van der Waals surface area contributed by atoms with E-state index in [-0.39, 0.29) is 11.8 Å². The maximum absolute atomic E-state index is 12.5. The van der Waals surface area contributed by atoms with Crippen molar-refractivity contribution in [2.45, 2.75) is 12.3 Å². The number of carbonyl (C=O) groups excluding carboxylic acids is 2. The third kappa shape index (κ3) is 2.06. The van der Waals surface area contributed by atoms with E-state index < -0.39 is 11.8 Å². The molecular weight excluding hydrogens is 288 g/mol. The van der Waals surface area contributed by atoms with Gasteiger partial charge in [-0.15, -0.1) is 0 Å². The first kappa shape index (κ1) is 13.8. The number of rotatable bonds is 2. The van der Waals surface area contributed by atoms with E-state index in [0.29, 0.717) is 0 Å². The summed E-state index contributed by atoms with van der Waals surface area (Å²) in [5, 5.41) is 2.91. The van der Waals surface area contributed by atoms with Crippen LogP contribution in [-0.4, -0.2) is 11.8 Å². The van der Waals surface area contributed by atoms with E-state index in [1.54, 1.807) is 0 Å². The van der Waals surface area contributed by atoms with Crippen LogP contribution in [0.4, 0.5) is 0 Å². The van der Waals surface area contributed by atoms with Gasteiger partial charge in [-0.3, -0.25) is 9.59 Å². The summed E-state index contributed by atoms with van der Waals surface area (Å²) in [5.41, 5.74) is 10.6. The van der Waals surface area contributed by atoms with Crippen molar-refractivity contribution in [1.29, 1.82) is 0 Å². The van der Waals surface area contributed by atoms with Crippen LogP contribution in [0.2, 0.25) is 0 Å². The maximum atomic E-state index is 12.5. The smallest absolute Gasteiger partial charge is 0.237 e. The molecule has 0 fully saturated rings. The summed E-state index contributed by atoms with van der Waals surface area (Å²) in [4.78, 5) is 24.5.